The molecule has 0 aromatic heterocycles. The molecule has 1 nitrogen and oxygen atoms in total. The van der Waals surface area contributed by atoms with Crippen molar-refractivity contribution in [1.29, 1.82) is 0 Å². The molecule has 0 aliphatic carbocycles. The van der Waals surface area contributed by atoms with Gasteiger partial charge in [-0.3, -0.25) is 0 Å². The van der Waals surface area contributed by atoms with E-state index in [0.29, 0.717) is 6.54 Å². The fraction of sp³-hybridized carbons (Fsp3) is 0.200. The molecule has 0 bridgehead atoms. The van der Waals surface area contributed by atoms with Crippen LogP contribution in [0.15, 0.2) is 36.4 Å². The molecule has 0 heterocycles. The minimum absolute atomic E-state index is 0.527. The van der Waals surface area contributed by atoms with Gasteiger partial charge in [-0.15, -0.1) is 0 Å². The average Bonchev–Trinajstić information content (AvgIpc) is 2.32. The van der Waals surface area contributed by atoms with Crippen molar-refractivity contribution in [3.05, 3.63) is 58.1 Å². The van der Waals surface area contributed by atoms with Crippen molar-refractivity contribution in [1.82, 2.24) is 0 Å². The molecule has 2 N–H and O–H groups in total. The molecule has 17 heavy (non-hydrogen) atoms. The maximum atomic E-state index is 6.05. The molecule has 0 aliphatic rings. The van der Waals surface area contributed by atoms with E-state index in [1.165, 1.54) is 16.7 Å². The molecular weight excluding hydrogens is 230 g/mol. The summed E-state index contributed by atoms with van der Waals surface area (Å²) >= 11 is 6.05. The molecule has 0 saturated heterocycles. The van der Waals surface area contributed by atoms with E-state index in [2.05, 4.69) is 32.0 Å². The Morgan fingerprint density at radius 1 is 1.00 bits per heavy atom. The molecular formula is C15H16ClN. The lowest BCUT2D eigenvalue weighted by Crippen LogP contribution is -1.99. The molecule has 2 rings (SSSR count). The highest BCUT2D eigenvalue weighted by Gasteiger charge is 2.06. The summed E-state index contributed by atoms with van der Waals surface area (Å²) in [5.74, 6) is 0. The summed E-state index contributed by atoms with van der Waals surface area (Å²) in [6.07, 6.45) is 0. The summed E-state index contributed by atoms with van der Waals surface area (Å²) in [5, 5.41) is 0.746. The van der Waals surface area contributed by atoms with Crippen LogP contribution in [0.2, 0.25) is 5.02 Å². The van der Waals surface area contributed by atoms with Crippen molar-refractivity contribution in [2.75, 3.05) is 0 Å². The second-order valence-corrected chi connectivity index (χ2v) is 4.74. The predicted octanol–water partition coefficient (Wildman–Crippen LogP) is 4.08. The van der Waals surface area contributed by atoms with Crippen LogP contribution in [0.25, 0.3) is 11.1 Å². The van der Waals surface area contributed by atoms with Crippen LogP contribution in [0.1, 0.15) is 16.7 Å². The van der Waals surface area contributed by atoms with Crippen LogP contribution in [-0.2, 0) is 6.54 Å². The van der Waals surface area contributed by atoms with Gasteiger partial charge in [0.25, 0.3) is 0 Å². The number of halogens is 1. The van der Waals surface area contributed by atoms with Gasteiger partial charge < -0.3 is 5.73 Å². The van der Waals surface area contributed by atoms with Crippen molar-refractivity contribution in [3.63, 3.8) is 0 Å². The van der Waals surface area contributed by atoms with E-state index in [9.17, 15) is 0 Å². The van der Waals surface area contributed by atoms with Gasteiger partial charge in [-0.05, 0) is 53.8 Å². The van der Waals surface area contributed by atoms with Crippen molar-refractivity contribution in [3.8, 4) is 11.1 Å². The zero-order valence-electron chi connectivity index (χ0n) is 10.1. The summed E-state index contributed by atoms with van der Waals surface area (Å²) in [5.41, 5.74) is 11.8. The third kappa shape index (κ3) is 2.51. The Hall–Kier alpha value is -1.31. The van der Waals surface area contributed by atoms with E-state index in [4.69, 9.17) is 17.3 Å². The van der Waals surface area contributed by atoms with Gasteiger partial charge in [-0.2, -0.15) is 0 Å². The highest BCUT2D eigenvalue weighted by molar-refractivity contribution is 6.30. The molecule has 0 spiro atoms. The van der Waals surface area contributed by atoms with Crippen LogP contribution in [0.4, 0.5) is 0 Å². The summed E-state index contributed by atoms with van der Waals surface area (Å²) in [7, 11) is 0. The standard InChI is InChI=1S/C15H16ClN/c1-10-3-4-12(7-11(10)2)15-8-14(16)6-5-13(15)9-17/h3-8H,9,17H2,1-2H3. The van der Waals surface area contributed by atoms with Crippen molar-refractivity contribution >= 4 is 11.6 Å². The summed E-state index contributed by atoms with van der Waals surface area (Å²) in [6.45, 7) is 4.76. The number of hydrogen-bond acceptors (Lipinski definition) is 1. The van der Waals surface area contributed by atoms with E-state index < -0.39 is 0 Å². The SMILES string of the molecule is Cc1ccc(-c2cc(Cl)ccc2CN)cc1C. The maximum absolute atomic E-state index is 6.05. The topological polar surface area (TPSA) is 26.0 Å². The molecule has 0 radical (unpaired) electrons. The van der Waals surface area contributed by atoms with E-state index in [1.807, 2.05) is 18.2 Å². The number of nitrogens with two attached hydrogens (primary N) is 1. The highest BCUT2D eigenvalue weighted by atomic mass is 35.5. The molecule has 0 unspecified atom stereocenters. The largest absolute Gasteiger partial charge is 0.326 e. The molecule has 0 fully saturated rings. The van der Waals surface area contributed by atoms with E-state index in [0.717, 1.165) is 16.1 Å². The van der Waals surface area contributed by atoms with Gasteiger partial charge in [0, 0.05) is 11.6 Å². The van der Waals surface area contributed by atoms with Crippen LogP contribution in [0, 0.1) is 13.8 Å². The van der Waals surface area contributed by atoms with Crippen molar-refractivity contribution < 1.29 is 0 Å². The van der Waals surface area contributed by atoms with Crippen LogP contribution >= 0.6 is 11.6 Å². The number of aryl methyl sites for hydroxylation is 2. The van der Waals surface area contributed by atoms with Gasteiger partial charge in [0.1, 0.15) is 0 Å². The minimum atomic E-state index is 0.527. The first-order valence-electron chi connectivity index (χ1n) is 5.68. The van der Waals surface area contributed by atoms with E-state index in [1.54, 1.807) is 0 Å². The first kappa shape index (κ1) is 12.2. The Kier molecular flexibility index (Phi) is 3.51. The van der Waals surface area contributed by atoms with Crippen molar-refractivity contribution in [2.24, 2.45) is 5.73 Å². The zero-order valence-corrected chi connectivity index (χ0v) is 10.9. The van der Waals surface area contributed by atoms with Gasteiger partial charge in [0.2, 0.25) is 0 Å². The minimum Gasteiger partial charge on any atom is -0.326 e. The quantitative estimate of drug-likeness (QED) is 0.848. The van der Waals surface area contributed by atoms with Gasteiger partial charge >= 0.3 is 0 Å². The maximum Gasteiger partial charge on any atom is 0.0412 e. The summed E-state index contributed by atoms with van der Waals surface area (Å²) in [6, 6.07) is 12.3. The Bertz CT molecular complexity index is 547. The fourth-order valence-electron chi connectivity index (χ4n) is 1.90. The predicted molar refractivity (Wildman–Crippen MR) is 74.3 cm³/mol. The van der Waals surface area contributed by atoms with Crippen LogP contribution in [0.5, 0.6) is 0 Å². The second-order valence-electron chi connectivity index (χ2n) is 4.30. The molecule has 88 valence electrons. The lowest BCUT2D eigenvalue weighted by atomic mass is 9.96. The fourth-order valence-corrected chi connectivity index (χ4v) is 2.08. The van der Waals surface area contributed by atoms with Gasteiger partial charge in [-0.25, -0.2) is 0 Å². The molecule has 2 heteroatoms. The Morgan fingerprint density at radius 3 is 2.41 bits per heavy atom. The highest BCUT2D eigenvalue weighted by Crippen LogP contribution is 2.28. The van der Waals surface area contributed by atoms with Crippen LogP contribution < -0.4 is 5.73 Å². The van der Waals surface area contributed by atoms with Crippen LogP contribution in [-0.4, -0.2) is 0 Å². The molecule has 2 aromatic rings. The third-order valence-electron chi connectivity index (χ3n) is 3.11. The number of hydrogen-bond donors (Lipinski definition) is 1. The molecule has 2 aromatic carbocycles. The smallest absolute Gasteiger partial charge is 0.0412 e. The summed E-state index contributed by atoms with van der Waals surface area (Å²) < 4.78 is 0. The molecule has 0 amide bonds. The number of rotatable bonds is 2. The third-order valence-corrected chi connectivity index (χ3v) is 3.34. The summed E-state index contributed by atoms with van der Waals surface area (Å²) in [4.78, 5) is 0. The lowest BCUT2D eigenvalue weighted by Gasteiger charge is -2.10. The van der Waals surface area contributed by atoms with Crippen molar-refractivity contribution in [2.45, 2.75) is 20.4 Å². The van der Waals surface area contributed by atoms with Gasteiger partial charge in [-0.1, -0.05) is 35.9 Å². The normalized spacial score (nSPS) is 10.6. The Morgan fingerprint density at radius 2 is 1.76 bits per heavy atom. The monoisotopic (exact) mass is 245 g/mol. The molecule has 0 aliphatic heterocycles. The Balaban J connectivity index is 2.58. The van der Waals surface area contributed by atoms with E-state index >= 15 is 0 Å². The first-order valence-corrected chi connectivity index (χ1v) is 6.05. The second kappa shape index (κ2) is 4.91. The lowest BCUT2D eigenvalue weighted by molar-refractivity contribution is 1.07. The average molecular weight is 246 g/mol. The molecule has 0 atom stereocenters. The van der Waals surface area contributed by atoms with Crippen LogP contribution in [0.3, 0.4) is 0 Å². The Labute approximate surface area is 107 Å². The van der Waals surface area contributed by atoms with Gasteiger partial charge in [0.05, 0.1) is 0 Å². The molecule has 0 saturated carbocycles. The zero-order chi connectivity index (χ0) is 12.4. The first-order chi connectivity index (χ1) is 8.11. The van der Waals surface area contributed by atoms with E-state index in [-0.39, 0.29) is 0 Å². The number of benzene rings is 2. The van der Waals surface area contributed by atoms with Gasteiger partial charge in [0.15, 0.2) is 0 Å².